The normalized spacial score (nSPS) is 15.0. The van der Waals surface area contributed by atoms with Gasteiger partial charge in [0, 0.05) is 33.2 Å². The molecule has 1 fully saturated rings. The fourth-order valence-electron chi connectivity index (χ4n) is 3.37. The number of nitrogens with one attached hydrogen (secondary N) is 1. The van der Waals surface area contributed by atoms with Crippen molar-refractivity contribution in [1.82, 2.24) is 15.1 Å². The van der Waals surface area contributed by atoms with Crippen molar-refractivity contribution in [2.45, 2.75) is 32.7 Å². The molecular weight excluding hydrogens is 495 g/mol. The lowest BCUT2D eigenvalue weighted by atomic mass is 9.97. The van der Waals surface area contributed by atoms with E-state index in [1.165, 1.54) is 5.56 Å². The van der Waals surface area contributed by atoms with Gasteiger partial charge in [-0.3, -0.25) is 9.79 Å². The van der Waals surface area contributed by atoms with Gasteiger partial charge in [-0.05, 0) is 58.0 Å². The van der Waals surface area contributed by atoms with Crippen LogP contribution in [0.3, 0.4) is 0 Å². The van der Waals surface area contributed by atoms with Crippen LogP contribution in [0.5, 0.6) is 5.75 Å². The van der Waals surface area contributed by atoms with E-state index in [4.69, 9.17) is 9.47 Å². The summed E-state index contributed by atoms with van der Waals surface area (Å²) < 4.78 is 10.9. The summed E-state index contributed by atoms with van der Waals surface area (Å²) >= 11 is 0. The van der Waals surface area contributed by atoms with E-state index in [2.05, 4.69) is 46.3 Å². The highest BCUT2D eigenvalue weighted by atomic mass is 127. The van der Waals surface area contributed by atoms with Crippen molar-refractivity contribution in [2.75, 3.05) is 54.0 Å². The number of piperidine rings is 1. The molecule has 170 valence electrons. The zero-order valence-electron chi connectivity index (χ0n) is 18.7. The third kappa shape index (κ3) is 9.07. The number of esters is 1. The van der Waals surface area contributed by atoms with Gasteiger partial charge in [0.15, 0.2) is 5.96 Å². The summed E-state index contributed by atoms with van der Waals surface area (Å²) in [6.45, 7) is 6.37. The summed E-state index contributed by atoms with van der Waals surface area (Å²) in [5.74, 6) is 1.71. The van der Waals surface area contributed by atoms with Crippen molar-refractivity contribution < 1.29 is 14.3 Å². The van der Waals surface area contributed by atoms with Gasteiger partial charge < -0.3 is 24.6 Å². The molecule has 0 aromatic heterocycles. The molecule has 1 heterocycles. The third-order valence-corrected chi connectivity index (χ3v) is 5.02. The van der Waals surface area contributed by atoms with Gasteiger partial charge in [-0.2, -0.15) is 0 Å². The van der Waals surface area contributed by atoms with Crippen LogP contribution in [-0.4, -0.2) is 75.7 Å². The van der Waals surface area contributed by atoms with Gasteiger partial charge >= 0.3 is 5.97 Å². The van der Waals surface area contributed by atoms with Crippen LogP contribution in [0.2, 0.25) is 0 Å². The molecule has 30 heavy (non-hydrogen) atoms. The Bertz CT molecular complexity index is 644. The van der Waals surface area contributed by atoms with Crippen molar-refractivity contribution in [1.29, 1.82) is 0 Å². The Hall–Kier alpha value is -1.55. The Morgan fingerprint density at radius 2 is 1.90 bits per heavy atom. The van der Waals surface area contributed by atoms with Crippen LogP contribution >= 0.6 is 24.0 Å². The van der Waals surface area contributed by atoms with E-state index in [0.29, 0.717) is 13.2 Å². The first-order chi connectivity index (χ1) is 14.0. The molecule has 1 N–H and O–H groups in total. The molecule has 1 saturated heterocycles. The Morgan fingerprint density at radius 3 is 2.47 bits per heavy atom. The molecule has 1 aromatic rings. The van der Waals surface area contributed by atoms with E-state index < -0.39 is 0 Å². The van der Waals surface area contributed by atoms with Crippen molar-refractivity contribution in [2.24, 2.45) is 10.9 Å². The van der Waals surface area contributed by atoms with Crippen molar-refractivity contribution in [3.63, 3.8) is 0 Å². The van der Waals surface area contributed by atoms with E-state index >= 15 is 0 Å². The molecule has 1 aromatic carbocycles. The molecule has 8 heteroatoms. The zero-order chi connectivity index (χ0) is 21.1. The number of halogens is 1. The van der Waals surface area contributed by atoms with Gasteiger partial charge in [-0.1, -0.05) is 12.1 Å². The Kier molecular flexibility index (Phi) is 12.8. The van der Waals surface area contributed by atoms with E-state index in [9.17, 15) is 4.79 Å². The molecule has 0 radical (unpaired) electrons. The average Bonchev–Trinajstić information content (AvgIpc) is 2.73. The minimum absolute atomic E-state index is 0. The molecule has 1 aliphatic heterocycles. The molecule has 7 nitrogen and oxygen atoms in total. The lowest BCUT2D eigenvalue weighted by Gasteiger charge is -2.33. The summed E-state index contributed by atoms with van der Waals surface area (Å²) in [4.78, 5) is 20.7. The topological polar surface area (TPSA) is 66.4 Å². The fourth-order valence-corrected chi connectivity index (χ4v) is 3.37. The van der Waals surface area contributed by atoms with E-state index in [0.717, 1.165) is 57.2 Å². The lowest BCUT2D eigenvalue weighted by Crippen LogP contribution is -2.46. The summed E-state index contributed by atoms with van der Waals surface area (Å²) in [6, 6.07) is 8.18. The number of hydrogen-bond acceptors (Lipinski definition) is 5. The average molecular weight is 532 g/mol. The van der Waals surface area contributed by atoms with Crippen LogP contribution in [0.1, 0.15) is 31.7 Å². The minimum atomic E-state index is -0.0703. The summed E-state index contributed by atoms with van der Waals surface area (Å²) in [6.07, 6.45) is 2.62. The zero-order valence-corrected chi connectivity index (χ0v) is 21.1. The highest BCUT2D eigenvalue weighted by Crippen LogP contribution is 2.19. The van der Waals surface area contributed by atoms with E-state index in [1.54, 1.807) is 7.05 Å². The smallest absolute Gasteiger partial charge is 0.309 e. The molecule has 0 saturated carbocycles. The number of carbonyl (C=O) groups excluding carboxylic acids is 1. The summed E-state index contributed by atoms with van der Waals surface area (Å²) in [7, 11) is 5.93. The van der Waals surface area contributed by atoms with Gasteiger partial charge in [-0.25, -0.2) is 0 Å². The molecular formula is C22H37IN4O3. The van der Waals surface area contributed by atoms with Gasteiger partial charge in [0.1, 0.15) is 5.75 Å². The molecule has 0 unspecified atom stereocenters. The summed E-state index contributed by atoms with van der Waals surface area (Å²) in [5, 5.41) is 3.42. The van der Waals surface area contributed by atoms with Gasteiger partial charge in [0.25, 0.3) is 0 Å². The fraction of sp³-hybridized carbons (Fsp3) is 0.636. The number of guanidine groups is 1. The maximum atomic E-state index is 11.9. The number of likely N-dealkylation sites (tertiary alicyclic amines) is 1. The predicted octanol–water partition coefficient (Wildman–Crippen LogP) is 2.99. The van der Waals surface area contributed by atoms with Gasteiger partial charge in [0.05, 0.1) is 19.1 Å². The highest BCUT2D eigenvalue weighted by Gasteiger charge is 2.27. The van der Waals surface area contributed by atoms with Gasteiger partial charge in [0.2, 0.25) is 0 Å². The number of benzene rings is 1. The van der Waals surface area contributed by atoms with Crippen molar-refractivity contribution in [3.05, 3.63) is 29.8 Å². The minimum Gasteiger partial charge on any atom is -0.494 e. The number of rotatable bonds is 9. The maximum Gasteiger partial charge on any atom is 0.309 e. The lowest BCUT2D eigenvalue weighted by molar-refractivity contribution is -0.149. The first-order valence-electron chi connectivity index (χ1n) is 10.5. The Labute approximate surface area is 198 Å². The Morgan fingerprint density at radius 1 is 1.23 bits per heavy atom. The van der Waals surface area contributed by atoms with Crippen molar-refractivity contribution >= 4 is 35.9 Å². The first-order valence-corrected chi connectivity index (χ1v) is 10.5. The van der Waals surface area contributed by atoms with Crippen LogP contribution in [0, 0.1) is 5.92 Å². The second-order valence-corrected chi connectivity index (χ2v) is 7.56. The molecule has 2 rings (SSSR count). The van der Waals surface area contributed by atoms with Crippen LogP contribution in [0.4, 0.5) is 0 Å². The maximum absolute atomic E-state index is 11.9. The molecule has 0 aliphatic carbocycles. The number of aliphatic imine (C=N–C) groups is 1. The second-order valence-electron chi connectivity index (χ2n) is 7.56. The van der Waals surface area contributed by atoms with Crippen LogP contribution in [0.25, 0.3) is 0 Å². The third-order valence-electron chi connectivity index (χ3n) is 5.02. The molecule has 0 spiro atoms. The number of ether oxygens (including phenoxy) is 2. The second kappa shape index (κ2) is 14.5. The monoisotopic (exact) mass is 532 g/mol. The van der Waals surface area contributed by atoms with E-state index in [1.807, 2.05) is 19.1 Å². The largest absolute Gasteiger partial charge is 0.494 e. The Balaban J connectivity index is 0.00000450. The standard InChI is InChI=1S/C22H36N4O3.HI/c1-5-28-21(27)19-11-14-26(15-12-19)22(23-2)24-17-18-7-9-20(10-8-18)29-16-6-13-25(3)4;/h7-10,19H,5-6,11-17H2,1-4H3,(H,23,24);1H. The number of nitrogens with zero attached hydrogens (tertiary/aromatic N) is 3. The summed E-state index contributed by atoms with van der Waals surface area (Å²) in [5.41, 5.74) is 1.17. The first kappa shape index (κ1) is 26.5. The molecule has 0 bridgehead atoms. The number of carbonyl (C=O) groups is 1. The number of hydrogen-bond donors (Lipinski definition) is 1. The van der Waals surface area contributed by atoms with Crippen LogP contribution < -0.4 is 10.1 Å². The van der Waals surface area contributed by atoms with Crippen LogP contribution in [0.15, 0.2) is 29.3 Å². The predicted molar refractivity (Wildman–Crippen MR) is 132 cm³/mol. The molecule has 0 amide bonds. The quantitative estimate of drug-likeness (QED) is 0.174. The highest BCUT2D eigenvalue weighted by molar-refractivity contribution is 14.0. The molecule has 1 aliphatic rings. The van der Waals surface area contributed by atoms with Gasteiger partial charge in [-0.15, -0.1) is 24.0 Å². The van der Waals surface area contributed by atoms with Crippen LogP contribution in [-0.2, 0) is 16.1 Å². The van der Waals surface area contributed by atoms with E-state index in [-0.39, 0.29) is 35.9 Å². The molecule has 0 atom stereocenters. The SMILES string of the molecule is CCOC(=O)C1CCN(C(=NC)NCc2ccc(OCCCN(C)C)cc2)CC1.I. The van der Waals surface area contributed by atoms with Crippen molar-refractivity contribution in [3.8, 4) is 5.75 Å².